The van der Waals surface area contributed by atoms with Crippen LogP contribution in [0.4, 0.5) is 0 Å². The molecule has 0 bridgehead atoms. The standard InChI is InChI=1S/C26H27ClN6O/c1-31-13-15-32(16-14-31)12-11-28-26(34)22-17-24(19-7-9-20(27)10-8-19)30-25-23(22)18-29-33(25)21-5-3-2-4-6-21/h2-10,17-18H,11-16H2,1H3,(H,28,34). The van der Waals surface area contributed by atoms with Crippen molar-refractivity contribution in [2.24, 2.45) is 0 Å². The van der Waals surface area contributed by atoms with Crippen LogP contribution in [0.3, 0.4) is 0 Å². The molecular formula is C26H27ClN6O. The van der Waals surface area contributed by atoms with E-state index >= 15 is 0 Å². The van der Waals surface area contributed by atoms with Gasteiger partial charge in [0, 0.05) is 49.9 Å². The molecule has 1 fully saturated rings. The van der Waals surface area contributed by atoms with Gasteiger partial charge >= 0.3 is 0 Å². The average Bonchev–Trinajstić information content (AvgIpc) is 3.30. The molecule has 3 heterocycles. The zero-order chi connectivity index (χ0) is 23.5. The van der Waals surface area contributed by atoms with Crippen molar-refractivity contribution in [3.8, 4) is 16.9 Å². The molecule has 0 aliphatic carbocycles. The lowest BCUT2D eigenvalue weighted by molar-refractivity contribution is 0.0942. The monoisotopic (exact) mass is 474 g/mol. The van der Waals surface area contributed by atoms with Gasteiger partial charge in [0.05, 0.1) is 28.5 Å². The van der Waals surface area contributed by atoms with Gasteiger partial charge in [-0.2, -0.15) is 5.10 Å². The van der Waals surface area contributed by atoms with Crippen molar-refractivity contribution in [3.63, 3.8) is 0 Å². The highest BCUT2D eigenvalue weighted by Crippen LogP contribution is 2.27. The van der Waals surface area contributed by atoms with Crippen LogP contribution in [0.5, 0.6) is 0 Å². The van der Waals surface area contributed by atoms with Crippen LogP contribution in [0.15, 0.2) is 66.9 Å². The quantitative estimate of drug-likeness (QED) is 0.461. The lowest BCUT2D eigenvalue weighted by atomic mass is 10.1. The van der Waals surface area contributed by atoms with E-state index in [1.165, 1.54) is 0 Å². The number of carbonyl (C=O) groups is 1. The number of piperazine rings is 1. The predicted octanol–water partition coefficient (Wildman–Crippen LogP) is 3.72. The van der Waals surface area contributed by atoms with Gasteiger partial charge in [-0.25, -0.2) is 9.67 Å². The van der Waals surface area contributed by atoms with E-state index in [0.717, 1.165) is 49.4 Å². The topological polar surface area (TPSA) is 66.3 Å². The molecule has 2 aromatic heterocycles. The van der Waals surface area contributed by atoms with Crippen molar-refractivity contribution >= 4 is 28.5 Å². The van der Waals surface area contributed by atoms with Crippen LogP contribution in [0, 0.1) is 0 Å². The van der Waals surface area contributed by atoms with E-state index in [2.05, 4.69) is 27.3 Å². The van der Waals surface area contributed by atoms with E-state index in [-0.39, 0.29) is 5.91 Å². The number of pyridine rings is 1. The number of halogens is 1. The van der Waals surface area contributed by atoms with Crippen LogP contribution in [0.25, 0.3) is 28.0 Å². The third-order valence-electron chi connectivity index (χ3n) is 6.24. The number of hydrogen-bond donors (Lipinski definition) is 1. The Kier molecular flexibility index (Phi) is 6.58. The first-order chi connectivity index (χ1) is 16.6. The molecule has 0 unspecified atom stereocenters. The highest BCUT2D eigenvalue weighted by molar-refractivity contribution is 6.30. The maximum Gasteiger partial charge on any atom is 0.252 e. The van der Waals surface area contributed by atoms with Crippen LogP contribution in [0.2, 0.25) is 5.02 Å². The van der Waals surface area contributed by atoms with Crippen molar-refractivity contribution in [2.45, 2.75) is 0 Å². The van der Waals surface area contributed by atoms with E-state index in [4.69, 9.17) is 16.6 Å². The second-order valence-corrected chi connectivity index (χ2v) is 9.03. The Balaban J connectivity index is 1.46. The van der Waals surface area contributed by atoms with Gasteiger partial charge in [0.15, 0.2) is 5.65 Å². The molecule has 1 saturated heterocycles. The summed E-state index contributed by atoms with van der Waals surface area (Å²) in [6.45, 7) is 5.59. The maximum absolute atomic E-state index is 13.3. The molecule has 0 saturated carbocycles. The predicted molar refractivity (Wildman–Crippen MR) is 136 cm³/mol. The summed E-state index contributed by atoms with van der Waals surface area (Å²) in [5, 5.41) is 9.04. The third-order valence-corrected chi connectivity index (χ3v) is 6.49. The number of fused-ring (bicyclic) bond motifs is 1. The number of likely N-dealkylation sites (N-methyl/N-ethyl adjacent to an activating group) is 1. The van der Waals surface area contributed by atoms with Gasteiger partial charge in [-0.05, 0) is 37.4 Å². The smallest absolute Gasteiger partial charge is 0.252 e. The number of hydrogen-bond acceptors (Lipinski definition) is 5. The first-order valence-electron chi connectivity index (χ1n) is 11.5. The van der Waals surface area contributed by atoms with E-state index in [0.29, 0.717) is 28.5 Å². The summed E-state index contributed by atoms with van der Waals surface area (Å²) < 4.78 is 1.77. The Morgan fingerprint density at radius 1 is 1.03 bits per heavy atom. The first-order valence-corrected chi connectivity index (χ1v) is 11.9. The molecule has 34 heavy (non-hydrogen) atoms. The molecule has 8 heteroatoms. The summed E-state index contributed by atoms with van der Waals surface area (Å²) in [6.07, 6.45) is 1.72. The zero-order valence-corrected chi connectivity index (χ0v) is 19.9. The third kappa shape index (κ3) is 4.82. The number of rotatable bonds is 6. The minimum atomic E-state index is -0.121. The summed E-state index contributed by atoms with van der Waals surface area (Å²) in [4.78, 5) is 22.9. The fraction of sp³-hybridized carbons (Fsp3) is 0.269. The van der Waals surface area contributed by atoms with Crippen LogP contribution in [-0.2, 0) is 0 Å². The highest BCUT2D eigenvalue weighted by Gasteiger charge is 2.19. The average molecular weight is 475 g/mol. The Morgan fingerprint density at radius 3 is 2.50 bits per heavy atom. The van der Waals surface area contributed by atoms with Crippen molar-refractivity contribution < 1.29 is 4.79 Å². The van der Waals surface area contributed by atoms with Gasteiger partial charge in [0.2, 0.25) is 0 Å². The Morgan fingerprint density at radius 2 is 1.76 bits per heavy atom. The molecule has 174 valence electrons. The lowest BCUT2D eigenvalue weighted by Crippen LogP contribution is -2.46. The van der Waals surface area contributed by atoms with Crippen molar-refractivity contribution in [3.05, 3.63) is 77.4 Å². The second kappa shape index (κ2) is 9.93. The van der Waals surface area contributed by atoms with Gasteiger partial charge < -0.3 is 10.2 Å². The van der Waals surface area contributed by atoms with Crippen LogP contribution in [-0.4, -0.2) is 76.8 Å². The second-order valence-electron chi connectivity index (χ2n) is 8.59. The van der Waals surface area contributed by atoms with Gasteiger partial charge in [-0.3, -0.25) is 9.69 Å². The molecule has 0 radical (unpaired) electrons. The largest absolute Gasteiger partial charge is 0.351 e. The molecule has 0 spiro atoms. The summed E-state index contributed by atoms with van der Waals surface area (Å²) in [5.41, 5.74) is 3.68. The minimum absolute atomic E-state index is 0.121. The molecule has 1 aliphatic heterocycles. The Labute approximate surface area is 204 Å². The Bertz CT molecular complexity index is 1280. The van der Waals surface area contributed by atoms with Gasteiger partial charge in [0.25, 0.3) is 5.91 Å². The number of carbonyl (C=O) groups excluding carboxylic acids is 1. The van der Waals surface area contributed by atoms with Crippen LogP contribution >= 0.6 is 11.6 Å². The van der Waals surface area contributed by atoms with Crippen molar-refractivity contribution in [1.82, 2.24) is 29.9 Å². The van der Waals surface area contributed by atoms with Gasteiger partial charge in [-0.15, -0.1) is 0 Å². The number of aromatic nitrogens is 3. The van der Waals surface area contributed by atoms with Gasteiger partial charge in [0.1, 0.15) is 0 Å². The van der Waals surface area contributed by atoms with E-state index in [1.54, 1.807) is 10.9 Å². The SMILES string of the molecule is CN1CCN(CCNC(=O)c2cc(-c3ccc(Cl)cc3)nc3c2cnn3-c2ccccc2)CC1. The van der Waals surface area contributed by atoms with E-state index in [9.17, 15) is 4.79 Å². The summed E-state index contributed by atoms with van der Waals surface area (Å²) in [5.74, 6) is -0.121. The lowest BCUT2D eigenvalue weighted by Gasteiger charge is -2.32. The number of nitrogens with zero attached hydrogens (tertiary/aromatic N) is 5. The molecule has 0 atom stereocenters. The molecular weight excluding hydrogens is 448 g/mol. The first kappa shape index (κ1) is 22.5. The Hall–Kier alpha value is -3.26. The summed E-state index contributed by atoms with van der Waals surface area (Å²) in [6, 6.07) is 19.1. The summed E-state index contributed by atoms with van der Waals surface area (Å²) in [7, 11) is 2.14. The molecule has 1 amide bonds. The zero-order valence-electron chi connectivity index (χ0n) is 19.1. The van der Waals surface area contributed by atoms with E-state index in [1.807, 2.05) is 60.7 Å². The van der Waals surface area contributed by atoms with Gasteiger partial charge in [-0.1, -0.05) is 41.9 Å². The number of amides is 1. The molecule has 1 aliphatic rings. The maximum atomic E-state index is 13.3. The molecule has 2 aromatic carbocycles. The van der Waals surface area contributed by atoms with E-state index < -0.39 is 0 Å². The number of benzene rings is 2. The van der Waals surface area contributed by atoms with Crippen molar-refractivity contribution in [2.75, 3.05) is 46.3 Å². The molecule has 4 aromatic rings. The normalized spacial score (nSPS) is 15.0. The minimum Gasteiger partial charge on any atom is -0.351 e. The molecule has 7 nitrogen and oxygen atoms in total. The molecule has 5 rings (SSSR count). The highest BCUT2D eigenvalue weighted by atomic mass is 35.5. The number of para-hydroxylation sites is 1. The fourth-order valence-electron chi connectivity index (χ4n) is 4.21. The van der Waals surface area contributed by atoms with Crippen LogP contribution < -0.4 is 5.32 Å². The molecule has 1 N–H and O–H groups in total. The van der Waals surface area contributed by atoms with Crippen molar-refractivity contribution in [1.29, 1.82) is 0 Å². The number of nitrogens with one attached hydrogen (secondary N) is 1. The van der Waals surface area contributed by atoms with Crippen LogP contribution in [0.1, 0.15) is 10.4 Å². The summed E-state index contributed by atoms with van der Waals surface area (Å²) >= 11 is 6.09. The fourth-order valence-corrected chi connectivity index (χ4v) is 4.34.